The van der Waals surface area contributed by atoms with Crippen LogP contribution in [0.1, 0.15) is 38.4 Å². The van der Waals surface area contributed by atoms with Crippen molar-refractivity contribution in [2.24, 2.45) is 0 Å². The largest absolute Gasteiger partial charge is 0.368 e. The van der Waals surface area contributed by atoms with Gasteiger partial charge in [-0.15, -0.1) is 0 Å². The predicted octanol–water partition coefficient (Wildman–Crippen LogP) is 2.88. The third-order valence-electron chi connectivity index (χ3n) is 2.21. The molecule has 0 aliphatic carbocycles. The Labute approximate surface area is 85.5 Å². The van der Waals surface area contributed by atoms with Crippen LogP contribution in [0, 0.1) is 0 Å². The number of aliphatic hydroxyl groups is 1. The molecule has 0 spiro atoms. The van der Waals surface area contributed by atoms with Gasteiger partial charge in [-0.25, -0.2) is 0 Å². The van der Waals surface area contributed by atoms with Gasteiger partial charge in [0, 0.05) is 0 Å². The van der Waals surface area contributed by atoms with Crippen molar-refractivity contribution < 1.29 is 9.84 Å². The zero-order valence-electron chi connectivity index (χ0n) is 8.81. The van der Waals surface area contributed by atoms with Crippen LogP contribution >= 0.6 is 0 Å². The van der Waals surface area contributed by atoms with Crippen LogP contribution < -0.4 is 0 Å². The van der Waals surface area contributed by atoms with E-state index in [2.05, 4.69) is 6.92 Å². The molecule has 14 heavy (non-hydrogen) atoms. The number of rotatable bonds is 5. The van der Waals surface area contributed by atoms with Gasteiger partial charge in [0.25, 0.3) is 0 Å². The zero-order chi connectivity index (χ0) is 10.4. The van der Waals surface area contributed by atoms with Gasteiger partial charge >= 0.3 is 0 Å². The van der Waals surface area contributed by atoms with Crippen LogP contribution in [-0.4, -0.2) is 11.4 Å². The van der Waals surface area contributed by atoms with Gasteiger partial charge in [-0.2, -0.15) is 0 Å². The fraction of sp³-hybridized carbons (Fsp3) is 0.500. The Morgan fingerprint density at radius 1 is 1.14 bits per heavy atom. The topological polar surface area (TPSA) is 29.5 Å². The molecule has 1 aromatic rings. The first-order chi connectivity index (χ1) is 6.77. The molecule has 2 heteroatoms. The van der Waals surface area contributed by atoms with E-state index in [0.717, 1.165) is 12.0 Å². The van der Waals surface area contributed by atoms with Crippen LogP contribution in [0.4, 0.5) is 0 Å². The van der Waals surface area contributed by atoms with Crippen molar-refractivity contribution in [3.05, 3.63) is 35.9 Å². The Bertz CT molecular complexity index is 246. The lowest BCUT2D eigenvalue weighted by atomic mass is 10.1. The maximum absolute atomic E-state index is 9.40. The van der Waals surface area contributed by atoms with Crippen molar-refractivity contribution in [2.45, 2.75) is 39.1 Å². The molecule has 0 saturated heterocycles. The Morgan fingerprint density at radius 2 is 1.79 bits per heavy atom. The third-order valence-corrected chi connectivity index (χ3v) is 2.21. The van der Waals surface area contributed by atoms with Crippen LogP contribution in [0.15, 0.2) is 30.3 Å². The Hall–Kier alpha value is -0.860. The van der Waals surface area contributed by atoms with Gasteiger partial charge in [-0.05, 0) is 18.4 Å². The van der Waals surface area contributed by atoms with Gasteiger partial charge in [0.2, 0.25) is 0 Å². The lowest BCUT2D eigenvalue weighted by Crippen LogP contribution is -2.14. The van der Waals surface area contributed by atoms with Gasteiger partial charge < -0.3 is 9.84 Å². The molecule has 78 valence electrons. The number of hydrogen-bond acceptors (Lipinski definition) is 2. The van der Waals surface area contributed by atoms with Crippen LogP contribution in [0.5, 0.6) is 0 Å². The zero-order valence-corrected chi connectivity index (χ0v) is 8.81. The summed E-state index contributed by atoms with van der Waals surface area (Å²) >= 11 is 0. The minimum atomic E-state index is -0.653. The fourth-order valence-electron chi connectivity index (χ4n) is 1.36. The van der Waals surface area contributed by atoms with E-state index < -0.39 is 6.29 Å². The Morgan fingerprint density at radius 3 is 2.29 bits per heavy atom. The summed E-state index contributed by atoms with van der Waals surface area (Å²) in [6.45, 7) is 3.96. The first kappa shape index (κ1) is 11.2. The molecular weight excluding hydrogens is 176 g/mol. The minimum Gasteiger partial charge on any atom is -0.368 e. The van der Waals surface area contributed by atoms with E-state index in [1.807, 2.05) is 37.3 Å². The molecule has 0 aliphatic heterocycles. The molecule has 1 rings (SSSR count). The molecular formula is C12H18O2. The van der Waals surface area contributed by atoms with E-state index in [9.17, 15) is 5.11 Å². The first-order valence-corrected chi connectivity index (χ1v) is 5.16. The summed E-state index contributed by atoms with van der Waals surface area (Å²) in [6, 6.07) is 10.00. The summed E-state index contributed by atoms with van der Waals surface area (Å²) < 4.78 is 5.49. The molecule has 0 heterocycles. The fourth-order valence-corrected chi connectivity index (χ4v) is 1.36. The molecule has 0 aromatic heterocycles. The lowest BCUT2D eigenvalue weighted by Gasteiger charge is -2.19. The summed E-state index contributed by atoms with van der Waals surface area (Å²) in [6.07, 6.45) is 0.857. The molecule has 0 radical (unpaired) electrons. The maximum Gasteiger partial charge on any atom is 0.155 e. The van der Waals surface area contributed by atoms with Gasteiger partial charge in [0.15, 0.2) is 6.29 Å². The third kappa shape index (κ3) is 3.13. The molecule has 0 bridgehead atoms. The molecule has 0 amide bonds. The van der Waals surface area contributed by atoms with Gasteiger partial charge in [0.1, 0.15) is 0 Å². The summed E-state index contributed by atoms with van der Waals surface area (Å²) in [5, 5.41) is 9.40. The summed E-state index contributed by atoms with van der Waals surface area (Å²) in [7, 11) is 0. The first-order valence-electron chi connectivity index (χ1n) is 5.16. The standard InChI is InChI=1S/C12H18O2/c1-3-11(14-12(13)4-2)10-8-6-5-7-9-10/h5-9,11-13H,3-4H2,1-2H3. The van der Waals surface area contributed by atoms with Crippen molar-refractivity contribution >= 4 is 0 Å². The van der Waals surface area contributed by atoms with E-state index in [0.29, 0.717) is 6.42 Å². The highest BCUT2D eigenvalue weighted by atomic mass is 16.6. The van der Waals surface area contributed by atoms with E-state index in [4.69, 9.17) is 4.74 Å². The van der Waals surface area contributed by atoms with Gasteiger partial charge in [0.05, 0.1) is 6.10 Å². The molecule has 1 aromatic carbocycles. The minimum absolute atomic E-state index is 0.00569. The predicted molar refractivity (Wildman–Crippen MR) is 56.9 cm³/mol. The van der Waals surface area contributed by atoms with E-state index in [1.54, 1.807) is 0 Å². The van der Waals surface area contributed by atoms with Crippen LogP contribution in [0.25, 0.3) is 0 Å². The summed E-state index contributed by atoms with van der Waals surface area (Å²) in [5.74, 6) is 0. The van der Waals surface area contributed by atoms with Crippen molar-refractivity contribution in [1.82, 2.24) is 0 Å². The monoisotopic (exact) mass is 194 g/mol. The summed E-state index contributed by atoms with van der Waals surface area (Å²) in [4.78, 5) is 0. The number of aliphatic hydroxyl groups excluding tert-OH is 1. The summed E-state index contributed by atoms with van der Waals surface area (Å²) in [5.41, 5.74) is 1.13. The molecule has 1 N–H and O–H groups in total. The van der Waals surface area contributed by atoms with Crippen LogP contribution in [0.2, 0.25) is 0 Å². The molecule has 2 atom stereocenters. The highest BCUT2D eigenvalue weighted by molar-refractivity contribution is 5.17. The van der Waals surface area contributed by atoms with E-state index >= 15 is 0 Å². The van der Waals surface area contributed by atoms with Gasteiger partial charge in [-0.1, -0.05) is 44.2 Å². The molecule has 2 nitrogen and oxygen atoms in total. The number of benzene rings is 1. The van der Waals surface area contributed by atoms with Crippen molar-refractivity contribution in [2.75, 3.05) is 0 Å². The van der Waals surface area contributed by atoms with Crippen LogP contribution in [0.3, 0.4) is 0 Å². The smallest absolute Gasteiger partial charge is 0.155 e. The average Bonchev–Trinajstić information content (AvgIpc) is 2.26. The maximum atomic E-state index is 9.40. The highest BCUT2D eigenvalue weighted by Crippen LogP contribution is 2.22. The molecule has 0 fully saturated rings. The highest BCUT2D eigenvalue weighted by Gasteiger charge is 2.12. The number of hydrogen-bond donors (Lipinski definition) is 1. The van der Waals surface area contributed by atoms with Crippen molar-refractivity contribution in [3.8, 4) is 0 Å². The second-order valence-corrected chi connectivity index (χ2v) is 3.31. The SMILES string of the molecule is CCC(O)OC(CC)c1ccccc1. The van der Waals surface area contributed by atoms with Crippen molar-refractivity contribution in [1.29, 1.82) is 0 Å². The van der Waals surface area contributed by atoms with E-state index in [-0.39, 0.29) is 6.10 Å². The Balaban J connectivity index is 2.63. The second-order valence-electron chi connectivity index (χ2n) is 3.31. The van der Waals surface area contributed by atoms with Crippen molar-refractivity contribution in [3.63, 3.8) is 0 Å². The molecule has 0 saturated carbocycles. The normalized spacial score (nSPS) is 15.1. The van der Waals surface area contributed by atoms with Gasteiger partial charge in [-0.3, -0.25) is 0 Å². The molecule has 2 unspecified atom stereocenters. The Kier molecular flexibility index (Phi) is 4.63. The van der Waals surface area contributed by atoms with E-state index in [1.165, 1.54) is 0 Å². The lowest BCUT2D eigenvalue weighted by molar-refractivity contribution is -0.139. The average molecular weight is 194 g/mol. The molecule has 0 aliphatic rings. The second kappa shape index (κ2) is 5.78. The van der Waals surface area contributed by atoms with Crippen LogP contribution in [-0.2, 0) is 4.74 Å². The number of ether oxygens (including phenoxy) is 1. The quantitative estimate of drug-likeness (QED) is 0.730.